The molecule has 1 saturated heterocycles. The minimum Gasteiger partial charge on any atom is -0.480 e. The molecule has 4 unspecified atom stereocenters. The lowest BCUT2D eigenvalue weighted by molar-refractivity contribution is -0.143. The molecule has 0 bridgehead atoms. The van der Waals surface area contributed by atoms with E-state index in [1.54, 1.807) is 27.7 Å². The van der Waals surface area contributed by atoms with Crippen LogP contribution >= 0.6 is 0 Å². The van der Waals surface area contributed by atoms with Crippen LogP contribution in [0.2, 0.25) is 0 Å². The molecule has 1 aliphatic rings. The molecule has 36 heavy (non-hydrogen) atoms. The van der Waals surface area contributed by atoms with Crippen molar-refractivity contribution in [3.8, 4) is 0 Å². The maximum Gasteiger partial charge on any atom is 0.326 e. The molecule has 0 saturated carbocycles. The van der Waals surface area contributed by atoms with E-state index in [1.165, 1.54) is 0 Å². The van der Waals surface area contributed by atoms with Gasteiger partial charge in [0.2, 0.25) is 17.7 Å². The van der Waals surface area contributed by atoms with Gasteiger partial charge in [-0.3, -0.25) is 14.4 Å². The van der Waals surface area contributed by atoms with Crippen LogP contribution in [0.25, 0.3) is 10.9 Å². The van der Waals surface area contributed by atoms with Crippen LogP contribution in [-0.4, -0.2) is 64.5 Å². The van der Waals surface area contributed by atoms with Crippen LogP contribution in [0.4, 0.5) is 0 Å². The Bertz CT molecular complexity index is 1090. The first-order valence-electron chi connectivity index (χ1n) is 12.5. The minimum absolute atomic E-state index is 0.227. The van der Waals surface area contributed by atoms with Crippen molar-refractivity contribution in [1.29, 1.82) is 0 Å². The minimum atomic E-state index is -1.14. The van der Waals surface area contributed by atoms with Crippen LogP contribution in [0, 0.1) is 11.8 Å². The number of hydrogen-bond acceptors (Lipinski definition) is 5. The molecule has 6 N–H and O–H groups in total. The number of para-hydroxylation sites is 1. The van der Waals surface area contributed by atoms with Crippen molar-refractivity contribution in [2.24, 2.45) is 11.8 Å². The topological polar surface area (TPSA) is 152 Å². The lowest BCUT2D eigenvalue weighted by atomic mass is 9.99. The number of hydrogen-bond donors (Lipinski definition) is 6. The maximum absolute atomic E-state index is 13.5. The summed E-state index contributed by atoms with van der Waals surface area (Å²) < 4.78 is 0. The van der Waals surface area contributed by atoms with Crippen molar-refractivity contribution in [2.75, 3.05) is 6.54 Å². The van der Waals surface area contributed by atoms with Gasteiger partial charge in [-0.2, -0.15) is 0 Å². The lowest BCUT2D eigenvalue weighted by Crippen LogP contribution is -2.59. The summed E-state index contributed by atoms with van der Waals surface area (Å²) in [6, 6.07) is 4.36. The van der Waals surface area contributed by atoms with Gasteiger partial charge >= 0.3 is 5.97 Å². The molecule has 2 heterocycles. The number of carboxylic acid groups (broad SMARTS) is 1. The van der Waals surface area contributed by atoms with Crippen molar-refractivity contribution in [2.45, 2.75) is 71.1 Å². The fourth-order valence-electron chi connectivity index (χ4n) is 4.46. The van der Waals surface area contributed by atoms with Gasteiger partial charge in [-0.05, 0) is 42.9 Å². The number of H-pyrrole nitrogens is 1. The number of aliphatic carboxylic acids is 1. The highest BCUT2D eigenvalue weighted by Gasteiger charge is 2.33. The molecular weight excluding hydrogens is 462 g/mol. The number of aromatic amines is 1. The van der Waals surface area contributed by atoms with Gasteiger partial charge in [-0.25, -0.2) is 4.79 Å². The van der Waals surface area contributed by atoms with Crippen LogP contribution in [0.15, 0.2) is 30.5 Å². The van der Waals surface area contributed by atoms with Crippen molar-refractivity contribution in [3.05, 3.63) is 36.0 Å². The van der Waals surface area contributed by atoms with E-state index in [0.29, 0.717) is 6.42 Å². The summed E-state index contributed by atoms with van der Waals surface area (Å²) in [6.07, 6.45) is 3.62. The average molecular weight is 500 g/mol. The largest absolute Gasteiger partial charge is 0.480 e. The normalized spacial score (nSPS) is 18.1. The van der Waals surface area contributed by atoms with Gasteiger partial charge in [0, 0.05) is 23.5 Å². The number of amides is 3. The molecule has 1 aliphatic heterocycles. The molecular formula is C26H37N5O5. The van der Waals surface area contributed by atoms with Crippen molar-refractivity contribution in [3.63, 3.8) is 0 Å². The lowest BCUT2D eigenvalue weighted by Gasteiger charge is -2.28. The van der Waals surface area contributed by atoms with Gasteiger partial charge in [-0.1, -0.05) is 45.9 Å². The molecule has 1 aromatic heterocycles. The average Bonchev–Trinajstić information content (AvgIpc) is 3.50. The Labute approximate surface area is 211 Å². The number of aromatic nitrogens is 1. The van der Waals surface area contributed by atoms with E-state index in [9.17, 15) is 24.3 Å². The van der Waals surface area contributed by atoms with Gasteiger partial charge < -0.3 is 31.4 Å². The predicted octanol–water partition coefficient (Wildman–Crippen LogP) is 1.31. The van der Waals surface area contributed by atoms with Crippen LogP contribution in [0.5, 0.6) is 0 Å². The zero-order valence-electron chi connectivity index (χ0n) is 21.3. The molecule has 4 atom stereocenters. The van der Waals surface area contributed by atoms with E-state index in [-0.39, 0.29) is 30.2 Å². The Morgan fingerprint density at radius 3 is 2.25 bits per heavy atom. The van der Waals surface area contributed by atoms with Gasteiger partial charge in [0.05, 0.1) is 6.04 Å². The first-order valence-corrected chi connectivity index (χ1v) is 12.5. The van der Waals surface area contributed by atoms with Crippen LogP contribution in [0.3, 0.4) is 0 Å². The third-order valence-corrected chi connectivity index (χ3v) is 6.59. The van der Waals surface area contributed by atoms with Crippen molar-refractivity contribution in [1.82, 2.24) is 26.3 Å². The summed E-state index contributed by atoms with van der Waals surface area (Å²) in [6.45, 7) is 7.68. The fourth-order valence-corrected chi connectivity index (χ4v) is 4.46. The third-order valence-electron chi connectivity index (χ3n) is 6.59. The van der Waals surface area contributed by atoms with Gasteiger partial charge in [0.1, 0.15) is 18.1 Å². The quantitative estimate of drug-likeness (QED) is 0.274. The van der Waals surface area contributed by atoms with Gasteiger partial charge in [0.15, 0.2) is 0 Å². The van der Waals surface area contributed by atoms with Crippen molar-refractivity contribution >= 4 is 34.6 Å². The Morgan fingerprint density at radius 1 is 0.972 bits per heavy atom. The molecule has 10 heteroatoms. The number of benzene rings is 1. The summed E-state index contributed by atoms with van der Waals surface area (Å²) >= 11 is 0. The standard InChI is InChI=1S/C26H37N5O5/c1-14(2)21(25(34)31-22(15(3)4)26(35)36)30-24(33)20(29-23(32)19-10-7-11-27-19)12-16-13-28-18-9-6-5-8-17(16)18/h5-6,8-9,13-15,19-22,27-28H,7,10-12H2,1-4H3,(H,29,32)(H,30,33)(H,31,34)(H,35,36). The van der Waals surface area contributed by atoms with Crippen LogP contribution in [0.1, 0.15) is 46.1 Å². The number of fused-ring (bicyclic) bond motifs is 1. The first kappa shape index (κ1) is 27.2. The second-order valence-electron chi connectivity index (χ2n) is 10.1. The second-order valence-corrected chi connectivity index (χ2v) is 10.1. The van der Waals surface area contributed by atoms with E-state index in [1.807, 2.05) is 30.5 Å². The third kappa shape index (κ3) is 6.63. The number of rotatable bonds is 11. The number of carbonyl (C=O) groups excluding carboxylic acids is 3. The van der Waals surface area contributed by atoms with Gasteiger partial charge in [0.25, 0.3) is 0 Å². The highest BCUT2D eigenvalue weighted by molar-refractivity contribution is 5.95. The molecule has 2 aromatic rings. The van der Waals surface area contributed by atoms with E-state index in [0.717, 1.165) is 29.4 Å². The fraction of sp³-hybridized carbons (Fsp3) is 0.538. The van der Waals surface area contributed by atoms with E-state index >= 15 is 0 Å². The summed E-state index contributed by atoms with van der Waals surface area (Å²) in [4.78, 5) is 54.1. The molecule has 10 nitrogen and oxygen atoms in total. The highest BCUT2D eigenvalue weighted by Crippen LogP contribution is 2.20. The summed E-state index contributed by atoms with van der Waals surface area (Å²) in [7, 11) is 0. The summed E-state index contributed by atoms with van der Waals surface area (Å²) in [5.41, 5.74) is 1.78. The molecule has 0 spiro atoms. The monoisotopic (exact) mass is 499 g/mol. The maximum atomic E-state index is 13.5. The zero-order chi connectivity index (χ0) is 26.4. The predicted molar refractivity (Wildman–Crippen MR) is 136 cm³/mol. The molecule has 3 amide bonds. The molecule has 0 radical (unpaired) electrons. The second kappa shape index (κ2) is 12.0. The zero-order valence-corrected chi connectivity index (χ0v) is 21.3. The highest BCUT2D eigenvalue weighted by atomic mass is 16.4. The molecule has 1 fully saturated rings. The molecule has 3 rings (SSSR count). The van der Waals surface area contributed by atoms with E-state index in [2.05, 4.69) is 26.3 Å². The SMILES string of the molecule is CC(C)C(NC(=O)C(NC(=O)C(Cc1c[nH]c2ccccc12)NC(=O)C1CCCN1)C(C)C)C(=O)O. The van der Waals surface area contributed by atoms with Crippen molar-refractivity contribution < 1.29 is 24.3 Å². The smallest absolute Gasteiger partial charge is 0.326 e. The van der Waals surface area contributed by atoms with Crippen LogP contribution < -0.4 is 21.3 Å². The molecule has 1 aromatic carbocycles. The molecule has 196 valence electrons. The van der Waals surface area contributed by atoms with Gasteiger partial charge in [-0.15, -0.1) is 0 Å². The Kier molecular flexibility index (Phi) is 9.08. The first-order chi connectivity index (χ1) is 17.1. The summed E-state index contributed by atoms with van der Waals surface area (Å²) in [5, 5.41) is 21.7. The number of nitrogens with one attached hydrogen (secondary N) is 5. The Balaban J connectivity index is 1.80. The Morgan fingerprint density at radius 2 is 1.64 bits per heavy atom. The summed E-state index contributed by atoms with van der Waals surface area (Å²) in [5.74, 6) is -3.12. The number of carbonyl (C=O) groups is 4. The van der Waals surface area contributed by atoms with E-state index in [4.69, 9.17) is 0 Å². The van der Waals surface area contributed by atoms with E-state index < -0.39 is 35.9 Å². The number of carboxylic acids is 1. The molecule has 0 aliphatic carbocycles. The van der Waals surface area contributed by atoms with Crippen LogP contribution in [-0.2, 0) is 25.6 Å². The Hall–Kier alpha value is -3.40.